The lowest BCUT2D eigenvalue weighted by atomic mass is 9.99. The number of hydrogen-bond donors (Lipinski definition) is 4. The minimum atomic E-state index is -1.53. The van der Waals surface area contributed by atoms with Crippen LogP contribution in [0.25, 0.3) is 0 Å². The zero-order valence-corrected chi connectivity index (χ0v) is 35.3. The van der Waals surface area contributed by atoms with Crippen molar-refractivity contribution < 1.29 is 44.2 Å². The molecule has 0 amide bonds. The number of unbranched alkanes of at least 4 members (excludes halogenated alkanes) is 29. The normalized spacial score (nSPS) is 20.7. The summed E-state index contributed by atoms with van der Waals surface area (Å²) in [6, 6.07) is 0. The van der Waals surface area contributed by atoms with Crippen molar-refractivity contribution in [3.05, 3.63) is 0 Å². The maximum atomic E-state index is 12.8. The predicted octanol–water partition coefficient (Wildman–Crippen LogP) is 10.3. The van der Waals surface area contributed by atoms with Crippen LogP contribution in [0.2, 0.25) is 0 Å². The Bertz CT molecular complexity index is 797. The van der Waals surface area contributed by atoms with E-state index in [-0.39, 0.29) is 19.2 Å². The lowest BCUT2D eigenvalue weighted by Gasteiger charge is -2.39. The standard InChI is InChI=1S/C45H88O9/c1-3-5-7-9-11-13-15-17-19-20-21-23-25-27-29-31-33-35-51-37-39(38-52-45-44(50)43(49)42(48)40(36-46)54-45)53-41(47)34-32-30-28-26-24-22-18-16-14-12-10-8-6-4-2/h39-40,42-46,48-50H,3-38H2,1-2H3. The van der Waals surface area contributed by atoms with Crippen molar-refractivity contribution in [2.24, 2.45) is 0 Å². The topological polar surface area (TPSA) is 135 Å². The van der Waals surface area contributed by atoms with Gasteiger partial charge in [0.2, 0.25) is 0 Å². The molecule has 1 aliphatic heterocycles. The van der Waals surface area contributed by atoms with E-state index in [9.17, 15) is 25.2 Å². The summed E-state index contributed by atoms with van der Waals surface area (Å²) in [5.74, 6) is -0.308. The van der Waals surface area contributed by atoms with Crippen LogP contribution in [0.4, 0.5) is 0 Å². The summed E-state index contributed by atoms with van der Waals surface area (Å²) in [4.78, 5) is 12.8. The van der Waals surface area contributed by atoms with Gasteiger partial charge in [-0.25, -0.2) is 0 Å². The third-order valence-corrected chi connectivity index (χ3v) is 11.0. The molecule has 6 unspecified atom stereocenters. The molecular weight excluding hydrogens is 684 g/mol. The fraction of sp³-hybridized carbons (Fsp3) is 0.978. The molecule has 54 heavy (non-hydrogen) atoms. The SMILES string of the molecule is CCCCCCCCCCCCCCCCCCCOCC(COC1OC(CO)C(O)C(O)C1O)OC(=O)CCCCCCCCCCCCCCCC. The van der Waals surface area contributed by atoms with Crippen molar-refractivity contribution in [2.45, 2.75) is 256 Å². The molecule has 0 saturated carbocycles. The summed E-state index contributed by atoms with van der Waals surface area (Å²) < 4.78 is 22.8. The van der Waals surface area contributed by atoms with Crippen molar-refractivity contribution in [3.8, 4) is 0 Å². The van der Waals surface area contributed by atoms with Gasteiger partial charge in [-0.05, 0) is 12.8 Å². The van der Waals surface area contributed by atoms with Gasteiger partial charge in [-0.1, -0.05) is 200 Å². The molecule has 1 aliphatic rings. The van der Waals surface area contributed by atoms with Crippen LogP contribution in [0.3, 0.4) is 0 Å². The second-order valence-electron chi connectivity index (χ2n) is 16.2. The molecule has 9 heteroatoms. The van der Waals surface area contributed by atoms with Crippen molar-refractivity contribution >= 4 is 5.97 Å². The van der Waals surface area contributed by atoms with E-state index >= 15 is 0 Å². The largest absolute Gasteiger partial charge is 0.457 e. The third kappa shape index (κ3) is 28.6. The molecule has 0 spiro atoms. The fourth-order valence-corrected chi connectivity index (χ4v) is 7.38. The van der Waals surface area contributed by atoms with Crippen molar-refractivity contribution in [3.63, 3.8) is 0 Å². The number of aliphatic hydroxyl groups excluding tert-OH is 4. The molecule has 0 aromatic heterocycles. The maximum Gasteiger partial charge on any atom is 0.306 e. The molecule has 1 rings (SSSR count). The van der Waals surface area contributed by atoms with E-state index in [4.69, 9.17) is 18.9 Å². The molecule has 4 N–H and O–H groups in total. The number of hydrogen-bond acceptors (Lipinski definition) is 9. The van der Waals surface area contributed by atoms with E-state index in [1.807, 2.05) is 0 Å². The van der Waals surface area contributed by atoms with Gasteiger partial charge in [0.15, 0.2) is 6.29 Å². The van der Waals surface area contributed by atoms with Crippen LogP contribution in [0, 0.1) is 0 Å². The molecule has 9 nitrogen and oxygen atoms in total. The molecular formula is C45H88O9. The van der Waals surface area contributed by atoms with Crippen LogP contribution in [-0.4, -0.2) is 89.6 Å². The average molecular weight is 773 g/mol. The Balaban J connectivity index is 2.23. The molecule has 0 aromatic carbocycles. The highest BCUT2D eigenvalue weighted by atomic mass is 16.7. The second-order valence-corrected chi connectivity index (χ2v) is 16.2. The zero-order valence-electron chi connectivity index (χ0n) is 35.3. The smallest absolute Gasteiger partial charge is 0.306 e. The van der Waals surface area contributed by atoms with Crippen LogP contribution in [0.15, 0.2) is 0 Å². The Morgan fingerprint density at radius 1 is 0.519 bits per heavy atom. The Kier molecular flexibility index (Phi) is 35.8. The fourth-order valence-electron chi connectivity index (χ4n) is 7.38. The monoisotopic (exact) mass is 773 g/mol. The van der Waals surface area contributed by atoms with Gasteiger partial charge in [-0.15, -0.1) is 0 Å². The van der Waals surface area contributed by atoms with Gasteiger partial charge in [0.1, 0.15) is 30.5 Å². The first-order valence-corrected chi connectivity index (χ1v) is 23.1. The first-order chi connectivity index (χ1) is 26.4. The van der Waals surface area contributed by atoms with Gasteiger partial charge in [0.25, 0.3) is 0 Å². The van der Waals surface area contributed by atoms with Crippen molar-refractivity contribution in [2.75, 3.05) is 26.4 Å². The highest BCUT2D eigenvalue weighted by molar-refractivity contribution is 5.69. The van der Waals surface area contributed by atoms with E-state index in [2.05, 4.69) is 13.8 Å². The first-order valence-electron chi connectivity index (χ1n) is 23.1. The van der Waals surface area contributed by atoms with Crippen molar-refractivity contribution in [1.29, 1.82) is 0 Å². The molecule has 1 fully saturated rings. The maximum absolute atomic E-state index is 12.8. The second kappa shape index (κ2) is 37.7. The lowest BCUT2D eigenvalue weighted by molar-refractivity contribution is -0.305. The molecule has 1 heterocycles. The van der Waals surface area contributed by atoms with Crippen LogP contribution >= 0.6 is 0 Å². The van der Waals surface area contributed by atoms with E-state index in [1.165, 1.54) is 167 Å². The van der Waals surface area contributed by atoms with Gasteiger partial charge >= 0.3 is 5.97 Å². The van der Waals surface area contributed by atoms with Crippen LogP contribution in [-0.2, 0) is 23.7 Å². The Labute approximate surface area is 332 Å². The number of carbonyl (C=O) groups excluding carboxylic acids is 1. The highest BCUT2D eigenvalue weighted by Crippen LogP contribution is 2.23. The molecule has 6 atom stereocenters. The lowest BCUT2D eigenvalue weighted by Crippen LogP contribution is -2.59. The predicted molar refractivity (Wildman–Crippen MR) is 220 cm³/mol. The number of esters is 1. The summed E-state index contributed by atoms with van der Waals surface area (Å²) in [7, 11) is 0. The minimum Gasteiger partial charge on any atom is -0.457 e. The summed E-state index contributed by atoms with van der Waals surface area (Å²) >= 11 is 0. The number of ether oxygens (including phenoxy) is 4. The summed E-state index contributed by atoms with van der Waals surface area (Å²) in [5.41, 5.74) is 0. The molecule has 0 bridgehead atoms. The van der Waals surface area contributed by atoms with Crippen LogP contribution in [0.1, 0.15) is 219 Å². The zero-order chi connectivity index (χ0) is 39.3. The van der Waals surface area contributed by atoms with E-state index in [1.54, 1.807) is 0 Å². The highest BCUT2D eigenvalue weighted by Gasteiger charge is 2.44. The third-order valence-electron chi connectivity index (χ3n) is 11.0. The van der Waals surface area contributed by atoms with Gasteiger partial charge in [-0.3, -0.25) is 4.79 Å². The van der Waals surface area contributed by atoms with Gasteiger partial charge in [0, 0.05) is 13.0 Å². The summed E-state index contributed by atoms with van der Waals surface area (Å²) in [6.07, 6.45) is 32.7. The first kappa shape index (κ1) is 51.2. The van der Waals surface area contributed by atoms with Gasteiger partial charge in [0.05, 0.1) is 19.8 Å². The molecule has 0 radical (unpaired) electrons. The van der Waals surface area contributed by atoms with Gasteiger partial charge < -0.3 is 39.4 Å². The summed E-state index contributed by atoms with van der Waals surface area (Å²) in [5, 5.41) is 40.1. The van der Waals surface area contributed by atoms with Crippen LogP contribution < -0.4 is 0 Å². The average Bonchev–Trinajstić information content (AvgIpc) is 3.17. The Hall–Kier alpha value is -0.810. The molecule has 1 saturated heterocycles. The molecule has 0 aromatic rings. The van der Waals surface area contributed by atoms with E-state index in [0.717, 1.165) is 32.1 Å². The Morgan fingerprint density at radius 3 is 1.31 bits per heavy atom. The van der Waals surface area contributed by atoms with Gasteiger partial charge in [-0.2, -0.15) is 0 Å². The van der Waals surface area contributed by atoms with E-state index in [0.29, 0.717) is 13.0 Å². The Morgan fingerprint density at radius 2 is 0.907 bits per heavy atom. The minimum absolute atomic E-state index is 0.105. The summed E-state index contributed by atoms with van der Waals surface area (Å²) in [6.45, 7) is 4.61. The van der Waals surface area contributed by atoms with E-state index < -0.39 is 43.4 Å². The van der Waals surface area contributed by atoms with Crippen LogP contribution in [0.5, 0.6) is 0 Å². The quantitative estimate of drug-likeness (QED) is 0.0355. The molecule has 322 valence electrons. The number of aliphatic hydroxyl groups is 4. The van der Waals surface area contributed by atoms with Crippen molar-refractivity contribution in [1.82, 2.24) is 0 Å². The molecule has 0 aliphatic carbocycles. The number of carbonyl (C=O) groups is 1. The number of rotatable bonds is 40.